The van der Waals surface area contributed by atoms with Crippen molar-refractivity contribution in [2.45, 2.75) is 16.1 Å². The van der Waals surface area contributed by atoms with Crippen molar-refractivity contribution in [3.05, 3.63) is 255 Å². The fourth-order valence-electron chi connectivity index (χ4n) is 13.1. The average Bonchev–Trinajstić information content (AvgIpc) is 3.10. The Balaban J connectivity index is 0.743. The molecule has 388 valence electrons. The molecule has 0 saturated carbocycles. The summed E-state index contributed by atoms with van der Waals surface area (Å²) in [6, 6.07) is 67.4. The number of fused-ring (bicyclic) bond motifs is 15. The highest BCUT2D eigenvalue weighted by Gasteiger charge is 2.37. The Kier molecular flexibility index (Phi) is 10.1. The summed E-state index contributed by atoms with van der Waals surface area (Å²) in [4.78, 5) is 36.1. The minimum Gasteiger partial charge on any atom is -0.308 e. The number of rotatable bonds is 7. The number of thiophene rings is 1. The second kappa shape index (κ2) is 18.1. The van der Waals surface area contributed by atoms with Crippen LogP contribution in [0.3, 0.4) is 0 Å². The quantitative estimate of drug-likeness (QED) is 0.155. The van der Waals surface area contributed by atoms with Crippen LogP contribution >= 0.6 is 23.1 Å². The molecule has 0 saturated heterocycles. The van der Waals surface area contributed by atoms with Gasteiger partial charge in [-0.05, 0) is 131 Å². The van der Waals surface area contributed by atoms with Gasteiger partial charge in [-0.3, -0.25) is 24.5 Å². The predicted molar refractivity (Wildman–Crippen MR) is 339 cm³/mol. The first-order chi connectivity index (χ1) is 41.1. The number of hydrogen-bond acceptors (Lipinski definition) is 9. The van der Waals surface area contributed by atoms with E-state index in [-0.39, 0.29) is 11.2 Å². The maximum Gasteiger partial charge on any atom is 0.238 e. The molecule has 1 aliphatic carbocycles. The minimum absolute atomic E-state index is 0.141. The van der Waals surface area contributed by atoms with Crippen LogP contribution < -0.4 is 0 Å². The number of benzene rings is 7. The molecule has 10 heterocycles. The standard InChI is InChI=1S/C71H42N10S2/c1-3-21-57-51(15-1)65-61(23-9-31-74-65)79(57)45-13-5-11-41(35-45)47-17-7-19-49-53-37-43(25-27-63(53)82-67(47)49)69-76-70(78-71(77-69)81-59-29-33-72-39-55(59)56-40-73-34-30-60(56)81)44-26-28-64-54(38-44)50-20-8-18-48(68(50)83-64)42-12-6-14-46(36-42)80-58-22-4-2-16-52(58)66-62(80)24-10-32-75-66/h1-40,49,67H. The molecule has 12 heteroatoms. The van der Waals surface area contributed by atoms with Gasteiger partial charge in [-0.1, -0.05) is 103 Å². The van der Waals surface area contributed by atoms with E-state index in [1.165, 1.54) is 41.9 Å². The summed E-state index contributed by atoms with van der Waals surface area (Å²) in [6.45, 7) is 0. The number of nitrogens with zero attached hydrogens (tertiary/aromatic N) is 10. The molecule has 0 bridgehead atoms. The largest absolute Gasteiger partial charge is 0.308 e. The molecule has 0 radical (unpaired) electrons. The summed E-state index contributed by atoms with van der Waals surface area (Å²) in [5.74, 6) is 1.85. The van der Waals surface area contributed by atoms with Crippen molar-refractivity contribution in [1.82, 2.24) is 48.6 Å². The smallest absolute Gasteiger partial charge is 0.238 e. The Bertz CT molecular complexity index is 5330. The van der Waals surface area contributed by atoms with Crippen LogP contribution in [0.15, 0.2) is 248 Å². The fraction of sp³-hybridized carbons (Fsp3) is 0.0282. The van der Waals surface area contributed by atoms with Crippen molar-refractivity contribution in [3.63, 3.8) is 0 Å². The molecule has 0 fully saturated rings. The summed E-state index contributed by atoms with van der Waals surface area (Å²) in [7, 11) is 0. The number of allylic oxidation sites excluding steroid dienone is 3. The second-order valence-electron chi connectivity index (χ2n) is 21.3. The van der Waals surface area contributed by atoms with Crippen LogP contribution in [-0.2, 0) is 0 Å². The molecule has 0 amide bonds. The summed E-state index contributed by atoms with van der Waals surface area (Å²) >= 11 is 3.75. The lowest BCUT2D eigenvalue weighted by molar-refractivity contribution is 0.891. The highest BCUT2D eigenvalue weighted by atomic mass is 32.2. The van der Waals surface area contributed by atoms with Crippen LogP contribution in [0, 0.1) is 0 Å². The summed E-state index contributed by atoms with van der Waals surface area (Å²) in [5, 5.41) is 6.75. The molecule has 16 aromatic rings. The molecule has 0 spiro atoms. The molecule has 18 rings (SSSR count). The molecule has 2 unspecified atom stereocenters. The van der Waals surface area contributed by atoms with E-state index in [1.54, 1.807) is 0 Å². The maximum absolute atomic E-state index is 5.42. The van der Waals surface area contributed by atoms with Crippen molar-refractivity contribution in [2.24, 2.45) is 0 Å². The lowest BCUT2D eigenvalue weighted by Gasteiger charge is -2.24. The highest BCUT2D eigenvalue weighted by Crippen LogP contribution is 2.54. The van der Waals surface area contributed by atoms with Crippen LogP contribution in [0.25, 0.3) is 143 Å². The Labute approximate surface area is 482 Å². The Morgan fingerprint density at radius 1 is 0.422 bits per heavy atom. The van der Waals surface area contributed by atoms with Crippen molar-refractivity contribution < 1.29 is 0 Å². The van der Waals surface area contributed by atoms with E-state index >= 15 is 0 Å². The number of pyridine rings is 4. The van der Waals surface area contributed by atoms with Crippen LogP contribution in [-0.4, -0.2) is 53.8 Å². The van der Waals surface area contributed by atoms with Crippen LogP contribution in [0.2, 0.25) is 0 Å². The van der Waals surface area contributed by atoms with Gasteiger partial charge in [-0.2, -0.15) is 9.97 Å². The van der Waals surface area contributed by atoms with Crippen LogP contribution in [0.1, 0.15) is 17.0 Å². The highest BCUT2D eigenvalue weighted by molar-refractivity contribution is 8.00. The van der Waals surface area contributed by atoms with E-state index in [4.69, 9.17) is 24.9 Å². The normalized spacial score (nSPS) is 15.0. The first kappa shape index (κ1) is 46.4. The van der Waals surface area contributed by atoms with Crippen LogP contribution in [0.5, 0.6) is 0 Å². The Hall–Kier alpha value is -10.4. The maximum atomic E-state index is 5.42. The van der Waals surface area contributed by atoms with E-state index in [1.807, 2.05) is 84.5 Å². The van der Waals surface area contributed by atoms with Gasteiger partial charge in [0.25, 0.3) is 0 Å². The van der Waals surface area contributed by atoms with Gasteiger partial charge in [0.15, 0.2) is 11.6 Å². The van der Waals surface area contributed by atoms with E-state index in [0.29, 0.717) is 17.6 Å². The van der Waals surface area contributed by atoms with Crippen LogP contribution in [0.4, 0.5) is 0 Å². The third kappa shape index (κ3) is 7.06. The van der Waals surface area contributed by atoms with Crippen molar-refractivity contribution in [2.75, 3.05) is 0 Å². The average molecular weight is 1100 g/mol. The topological polar surface area (TPSA) is 105 Å². The van der Waals surface area contributed by atoms with Gasteiger partial charge in [0.1, 0.15) is 0 Å². The number of hydrogen-bond donors (Lipinski definition) is 0. The van der Waals surface area contributed by atoms with Crippen molar-refractivity contribution >= 4 is 115 Å². The van der Waals surface area contributed by atoms with Gasteiger partial charge in [-0.25, -0.2) is 4.98 Å². The van der Waals surface area contributed by atoms with E-state index < -0.39 is 0 Å². The molecule has 1 aliphatic heterocycles. The number of para-hydroxylation sites is 2. The van der Waals surface area contributed by atoms with Gasteiger partial charge in [0, 0.05) is 117 Å². The number of thioether (sulfide) groups is 1. The predicted octanol–water partition coefficient (Wildman–Crippen LogP) is 17.3. The Morgan fingerprint density at radius 2 is 1.02 bits per heavy atom. The molecule has 2 aliphatic rings. The number of aromatic nitrogens is 10. The summed E-state index contributed by atoms with van der Waals surface area (Å²) < 4.78 is 9.21. The lowest BCUT2D eigenvalue weighted by atomic mass is 9.84. The van der Waals surface area contributed by atoms with Crippen molar-refractivity contribution in [3.8, 4) is 51.2 Å². The molecule has 10 nitrogen and oxygen atoms in total. The van der Waals surface area contributed by atoms with Gasteiger partial charge in [-0.15, -0.1) is 23.1 Å². The van der Waals surface area contributed by atoms with Gasteiger partial charge in [0.05, 0.1) is 44.1 Å². The van der Waals surface area contributed by atoms with E-state index in [9.17, 15) is 0 Å². The first-order valence-electron chi connectivity index (χ1n) is 27.6. The monoisotopic (exact) mass is 1100 g/mol. The SMILES string of the molecule is C1=CC2c3cc(-c4nc(-c5ccc6sc7c(-c8cccc(-n9c%10ccccc%10c%10ncccc%109)c8)cccc7c6c5)nc(-n5c6ccncc6c6cnccc65)n4)ccc3SC2C(c2cccc(-n3c4ccccc4c4ncccc43)c2)=C1. The molecule has 83 heavy (non-hydrogen) atoms. The Morgan fingerprint density at radius 3 is 1.73 bits per heavy atom. The third-order valence-corrected chi connectivity index (χ3v) is 19.4. The second-order valence-corrected chi connectivity index (χ2v) is 23.5. The first-order valence-corrected chi connectivity index (χ1v) is 29.3. The molecule has 2 atom stereocenters. The summed E-state index contributed by atoms with van der Waals surface area (Å²) in [5.41, 5.74) is 18.5. The molecular formula is C71H42N10S2. The minimum atomic E-state index is 0.141. The molecular weight excluding hydrogens is 1060 g/mol. The van der Waals surface area contributed by atoms with E-state index in [0.717, 1.165) is 99.1 Å². The molecule has 0 N–H and O–H groups in total. The lowest BCUT2D eigenvalue weighted by Crippen LogP contribution is -2.13. The summed E-state index contributed by atoms with van der Waals surface area (Å²) in [6.07, 6.45) is 18.1. The van der Waals surface area contributed by atoms with Gasteiger partial charge in [0.2, 0.25) is 5.95 Å². The van der Waals surface area contributed by atoms with Gasteiger partial charge < -0.3 is 9.13 Å². The molecule has 7 aromatic carbocycles. The van der Waals surface area contributed by atoms with Gasteiger partial charge >= 0.3 is 0 Å². The van der Waals surface area contributed by atoms with Crippen molar-refractivity contribution in [1.29, 1.82) is 0 Å². The van der Waals surface area contributed by atoms with E-state index in [2.05, 4.69) is 206 Å². The third-order valence-electron chi connectivity index (χ3n) is 16.8. The zero-order valence-corrected chi connectivity index (χ0v) is 45.7. The zero-order chi connectivity index (χ0) is 54.3. The zero-order valence-electron chi connectivity index (χ0n) is 44.0. The fourth-order valence-corrected chi connectivity index (χ4v) is 15.8. The molecule has 9 aromatic heterocycles.